The maximum absolute atomic E-state index is 12.9. The number of halogens is 3. The van der Waals surface area contributed by atoms with Crippen LogP contribution in [0.15, 0.2) is 0 Å². The summed E-state index contributed by atoms with van der Waals surface area (Å²) >= 11 is 0. The first kappa shape index (κ1) is 19.5. The van der Waals surface area contributed by atoms with Crippen molar-refractivity contribution in [3.63, 3.8) is 0 Å². The minimum Gasteiger partial charge on any atom is -0.342 e. The van der Waals surface area contributed by atoms with Crippen LogP contribution in [-0.2, 0) is 9.59 Å². The second kappa shape index (κ2) is 7.37. The average molecular weight is 375 g/mol. The molecule has 5 nitrogen and oxygen atoms in total. The van der Waals surface area contributed by atoms with E-state index in [1.54, 1.807) is 11.8 Å². The van der Waals surface area contributed by atoms with Crippen molar-refractivity contribution in [2.45, 2.75) is 45.2 Å². The molecular formula is C18H28F3N3O2. The molecule has 3 fully saturated rings. The van der Waals surface area contributed by atoms with Gasteiger partial charge in [-0.2, -0.15) is 13.2 Å². The Morgan fingerprint density at radius 3 is 2.58 bits per heavy atom. The number of amides is 2. The Labute approximate surface area is 152 Å². The highest BCUT2D eigenvalue weighted by atomic mass is 19.4. The minimum absolute atomic E-state index is 0.0293. The molecule has 1 N–H and O–H groups in total. The van der Waals surface area contributed by atoms with E-state index in [-0.39, 0.29) is 30.3 Å². The van der Waals surface area contributed by atoms with Crippen LogP contribution < -0.4 is 5.32 Å². The van der Waals surface area contributed by atoms with Crippen LogP contribution in [0.4, 0.5) is 13.2 Å². The third-order valence-corrected chi connectivity index (χ3v) is 6.23. The predicted octanol–water partition coefficient (Wildman–Crippen LogP) is 2.03. The quantitative estimate of drug-likeness (QED) is 0.818. The molecule has 3 rings (SSSR count). The van der Waals surface area contributed by atoms with Crippen molar-refractivity contribution in [1.82, 2.24) is 15.1 Å². The molecule has 0 aromatic rings. The molecule has 2 aliphatic heterocycles. The summed E-state index contributed by atoms with van der Waals surface area (Å²) in [5.74, 6) is -0.855. The van der Waals surface area contributed by atoms with E-state index in [9.17, 15) is 22.8 Å². The third-order valence-electron chi connectivity index (χ3n) is 6.23. The maximum Gasteiger partial charge on any atom is 0.406 e. The zero-order valence-corrected chi connectivity index (χ0v) is 15.3. The average Bonchev–Trinajstić information content (AvgIpc) is 3.31. The van der Waals surface area contributed by atoms with Gasteiger partial charge in [0.2, 0.25) is 11.8 Å². The first-order valence-corrected chi connectivity index (χ1v) is 9.61. The molecule has 0 bridgehead atoms. The lowest BCUT2D eigenvalue weighted by molar-refractivity contribution is -0.165. The van der Waals surface area contributed by atoms with E-state index >= 15 is 0 Å². The molecule has 0 aromatic heterocycles. The van der Waals surface area contributed by atoms with Gasteiger partial charge in [0.25, 0.3) is 0 Å². The highest BCUT2D eigenvalue weighted by Crippen LogP contribution is 2.59. The summed E-state index contributed by atoms with van der Waals surface area (Å²) in [6.45, 7) is 3.12. The summed E-state index contributed by atoms with van der Waals surface area (Å²) in [6, 6.07) is 0. The Balaban J connectivity index is 1.58. The number of hydrogen-bond acceptors (Lipinski definition) is 3. The molecule has 1 saturated carbocycles. The Kier molecular flexibility index (Phi) is 5.51. The van der Waals surface area contributed by atoms with E-state index in [4.69, 9.17) is 0 Å². The summed E-state index contributed by atoms with van der Waals surface area (Å²) in [7, 11) is 0. The monoisotopic (exact) mass is 375 g/mol. The molecular weight excluding hydrogens is 347 g/mol. The van der Waals surface area contributed by atoms with Crippen LogP contribution in [0.5, 0.6) is 0 Å². The van der Waals surface area contributed by atoms with Crippen LogP contribution in [0, 0.1) is 17.3 Å². The zero-order valence-electron chi connectivity index (χ0n) is 15.3. The Morgan fingerprint density at radius 1 is 1.27 bits per heavy atom. The summed E-state index contributed by atoms with van der Waals surface area (Å²) in [6.07, 6.45) is -0.240. The lowest BCUT2D eigenvalue weighted by atomic mass is 9.90. The molecule has 0 aromatic carbocycles. The summed E-state index contributed by atoms with van der Waals surface area (Å²) < 4.78 is 38.0. The van der Waals surface area contributed by atoms with Crippen LogP contribution >= 0.6 is 0 Å². The standard InChI is InChI=1S/C18H28F3N3O2/c1-2-23(12-18(19,20)21)15(25)13-4-3-9-24(11-13)16(26)14-10-17(14)5-7-22-8-6-17/h13-14,22H,2-12H2,1H3. The van der Waals surface area contributed by atoms with Crippen molar-refractivity contribution < 1.29 is 22.8 Å². The Hall–Kier alpha value is -1.31. The summed E-state index contributed by atoms with van der Waals surface area (Å²) in [5, 5.41) is 3.31. The van der Waals surface area contributed by atoms with E-state index in [1.165, 1.54) is 0 Å². The number of alkyl halides is 3. The van der Waals surface area contributed by atoms with Gasteiger partial charge < -0.3 is 15.1 Å². The van der Waals surface area contributed by atoms with Crippen molar-refractivity contribution >= 4 is 11.8 Å². The van der Waals surface area contributed by atoms with Gasteiger partial charge >= 0.3 is 6.18 Å². The first-order chi connectivity index (χ1) is 12.3. The maximum atomic E-state index is 12.9. The van der Waals surface area contributed by atoms with Gasteiger partial charge in [0.15, 0.2) is 0 Å². The van der Waals surface area contributed by atoms with E-state index in [0.29, 0.717) is 19.4 Å². The molecule has 1 aliphatic carbocycles. The fourth-order valence-electron chi connectivity index (χ4n) is 4.59. The minimum atomic E-state index is -4.40. The largest absolute Gasteiger partial charge is 0.406 e. The van der Waals surface area contributed by atoms with E-state index < -0.39 is 24.5 Å². The van der Waals surface area contributed by atoms with Crippen LogP contribution in [0.3, 0.4) is 0 Å². The second-order valence-corrected chi connectivity index (χ2v) is 7.96. The van der Waals surface area contributed by atoms with Crippen LogP contribution in [-0.4, -0.2) is 67.1 Å². The molecule has 148 valence electrons. The van der Waals surface area contributed by atoms with Crippen LogP contribution in [0.25, 0.3) is 0 Å². The summed E-state index contributed by atoms with van der Waals surface area (Å²) in [5.41, 5.74) is 0.130. The highest BCUT2D eigenvalue weighted by Gasteiger charge is 2.58. The van der Waals surface area contributed by atoms with Crippen LogP contribution in [0.1, 0.15) is 39.0 Å². The van der Waals surface area contributed by atoms with Gasteiger partial charge in [-0.25, -0.2) is 0 Å². The SMILES string of the molecule is CCN(CC(F)(F)F)C(=O)C1CCCN(C(=O)C2CC23CCNCC3)C1. The van der Waals surface area contributed by atoms with Gasteiger partial charge in [-0.1, -0.05) is 0 Å². The highest BCUT2D eigenvalue weighted by molar-refractivity contribution is 5.84. The molecule has 8 heteroatoms. The van der Waals surface area contributed by atoms with Crippen molar-refractivity contribution in [2.75, 3.05) is 39.3 Å². The van der Waals surface area contributed by atoms with E-state index in [1.807, 2.05) is 0 Å². The Bertz CT molecular complexity index is 546. The molecule has 2 amide bonds. The number of likely N-dealkylation sites (tertiary alicyclic amines) is 1. The number of rotatable bonds is 4. The molecule has 2 saturated heterocycles. The van der Waals surface area contributed by atoms with Gasteiger partial charge in [0.1, 0.15) is 6.54 Å². The zero-order chi connectivity index (χ0) is 18.9. The van der Waals surface area contributed by atoms with E-state index in [0.717, 1.165) is 37.3 Å². The second-order valence-electron chi connectivity index (χ2n) is 7.96. The van der Waals surface area contributed by atoms with E-state index in [2.05, 4.69) is 5.32 Å². The third kappa shape index (κ3) is 4.15. The predicted molar refractivity (Wildman–Crippen MR) is 90.3 cm³/mol. The summed E-state index contributed by atoms with van der Waals surface area (Å²) in [4.78, 5) is 28.0. The van der Waals surface area contributed by atoms with Crippen molar-refractivity contribution in [3.05, 3.63) is 0 Å². The smallest absolute Gasteiger partial charge is 0.342 e. The number of nitrogens with one attached hydrogen (secondary N) is 1. The molecule has 3 aliphatic rings. The van der Waals surface area contributed by atoms with Gasteiger partial charge in [0, 0.05) is 25.6 Å². The van der Waals surface area contributed by atoms with Gasteiger partial charge in [0.05, 0.1) is 5.92 Å². The fraction of sp³-hybridized carbons (Fsp3) is 0.889. The number of carbonyl (C=O) groups excluding carboxylic acids is 2. The molecule has 2 atom stereocenters. The lowest BCUT2D eigenvalue weighted by Gasteiger charge is -2.35. The van der Waals surface area contributed by atoms with Crippen molar-refractivity contribution in [1.29, 1.82) is 0 Å². The molecule has 1 spiro atoms. The first-order valence-electron chi connectivity index (χ1n) is 9.61. The van der Waals surface area contributed by atoms with Crippen molar-refractivity contribution in [3.8, 4) is 0 Å². The number of carbonyl (C=O) groups is 2. The molecule has 0 radical (unpaired) electrons. The van der Waals surface area contributed by atoms with Crippen LogP contribution in [0.2, 0.25) is 0 Å². The van der Waals surface area contributed by atoms with Gasteiger partial charge in [-0.3, -0.25) is 9.59 Å². The molecule has 26 heavy (non-hydrogen) atoms. The lowest BCUT2D eigenvalue weighted by Crippen LogP contribution is -2.49. The topological polar surface area (TPSA) is 52.7 Å². The number of nitrogens with zero attached hydrogens (tertiary/aromatic N) is 2. The van der Waals surface area contributed by atoms with Crippen molar-refractivity contribution in [2.24, 2.45) is 17.3 Å². The van der Waals surface area contributed by atoms with Gasteiger partial charge in [-0.15, -0.1) is 0 Å². The normalized spacial score (nSPS) is 28.1. The van der Waals surface area contributed by atoms with Gasteiger partial charge in [-0.05, 0) is 57.5 Å². The Morgan fingerprint density at radius 2 is 1.96 bits per heavy atom. The molecule has 2 unspecified atom stereocenters. The fourth-order valence-corrected chi connectivity index (χ4v) is 4.59. The number of hydrogen-bond donors (Lipinski definition) is 1. The molecule has 2 heterocycles. The number of piperidine rings is 2.